The van der Waals surface area contributed by atoms with E-state index in [1.54, 1.807) is 48.7 Å². The summed E-state index contributed by atoms with van der Waals surface area (Å²) in [6.07, 6.45) is 1.58. The number of hydrazone groups is 1. The fraction of sp³-hybridized carbons (Fsp3) is 0.0870. The summed E-state index contributed by atoms with van der Waals surface area (Å²) in [7, 11) is 1.49. The number of hydrogen-bond donors (Lipinski definition) is 2. The van der Waals surface area contributed by atoms with Crippen LogP contribution >= 0.6 is 23.8 Å². The zero-order valence-electron chi connectivity index (χ0n) is 16.9. The Morgan fingerprint density at radius 3 is 2.61 bits per heavy atom. The van der Waals surface area contributed by atoms with Crippen molar-refractivity contribution in [2.75, 3.05) is 12.4 Å². The van der Waals surface area contributed by atoms with E-state index >= 15 is 0 Å². The number of hydrogen-bond acceptors (Lipinski definition) is 5. The van der Waals surface area contributed by atoms with Crippen LogP contribution in [0.15, 0.2) is 71.8 Å². The summed E-state index contributed by atoms with van der Waals surface area (Å²) in [5, 5.41) is 7.86. The highest BCUT2D eigenvalue weighted by Gasteiger charge is 2.15. The van der Waals surface area contributed by atoms with E-state index < -0.39 is 5.97 Å². The second-order valence-electron chi connectivity index (χ2n) is 6.47. The van der Waals surface area contributed by atoms with E-state index in [0.29, 0.717) is 15.9 Å². The molecular formula is C23H20ClN3O3S. The van der Waals surface area contributed by atoms with Crippen LogP contribution in [0.3, 0.4) is 0 Å². The van der Waals surface area contributed by atoms with Crippen LogP contribution < -0.4 is 20.2 Å². The zero-order valence-corrected chi connectivity index (χ0v) is 18.5. The first-order valence-corrected chi connectivity index (χ1v) is 10.1. The average Bonchev–Trinajstić information content (AvgIpc) is 2.75. The first-order valence-electron chi connectivity index (χ1n) is 9.28. The van der Waals surface area contributed by atoms with Gasteiger partial charge in [-0.25, -0.2) is 4.79 Å². The van der Waals surface area contributed by atoms with Gasteiger partial charge < -0.3 is 14.8 Å². The highest BCUT2D eigenvalue weighted by molar-refractivity contribution is 7.80. The van der Waals surface area contributed by atoms with Crippen molar-refractivity contribution in [3.63, 3.8) is 0 Å². The lowest BCUT2D eigenvalue weighted by Crippen LogP contribution is -2.23. The Bertz CT molecular complexity index is 1130. The van der Waals surface area contributed by atoms with Crippen molar-refractivity contribution in [2.45, 2.75) is 6.92 Å². The van der Waals surface area contributed by atoms with Crippen LogP contribution in [-0.2, 0) is 0 Å². The highest BCUT2D eigenvalue weighted by Crippen LogP contribution is 2.29. The van der Waals surface area contributed by atoms with E-state index in [4.69, 9.17) is 33.3 Å². The monoisotopic (exact) mass is 453 g/mol. The number of anilines is 1. The number of carbonyl (C=O) groups excluding carboxylic acids is 1. The summed E-state index contributed by atoms with van der Waals surface area (Å²) in [4.78, 5) is 12.4. The SMILES string of the molecule is COc1cc(/C=N/NC(=S)Nc2cccc(C)c2)ccc1OC(=O)c1ccccc1Cl. The van der Waals surface area contributed by atoms with Crippen LogP contribution in [0, 0.1) is 6.92 Å². The second kappa shape index (κ2) is 10.6. The number of halogens is 1. The van der Waals surface area contributed by atoms with Crippen LogP contribution in [0.5, 0.6) is 11.5 Å². The molecule has 3 aromatic carbocycles. The Hall–Kier alpha value is -3.42. The first-order chi connectivity index (χ1) is 15.0. The lowest BCUT2D eigenvalue weighted by atomic mass is 10.2. The molecule has 0 aliphatic rings. The fourth-order valence-electron chi connectivity index (χ4n) is 2.68. The summed E-state index contributed by atoms with van der Waals surface area (Å²) >= 11 is 11.3. The lowest BCUT2D eigenvalue weighted by Gasteiger charge is -2.10. The number of nitrogens with one attached hydrogen (secondary N) is 2. The molecule has 0 aromatic heterocycles. The van der Waals surface area contributed by atoms with Gasteiger partial charge in [-0.05, 0) is 72.7 Å². The molecule has 158 valence electrons. The molecule has 2 N–H and O–H groups in total. The molecule has 0 radical (unpaired) electrons. The minimum Gasteiger partial charge on any atom is -0.493 e. The molecule has 3 aromatic rings. The van der Waals surface area contributed by atoms with Crippen LogP contribution in [-0.4, -0.2) is 24.4 Å². The molecule has 0 unspecified atom stereocenters. The van der Waals surface area contributed by atoms with Gasteiger partial charge in [0.15, 0.2) is 16.6 Å². The number of methoxy groups -OCH3 is 1. The second-order valence-corrected chi connectivity index (χ2v) is 7.29. The Morgan fingerprint density at radius 2 is 1.87 bits per heavy atom. The Kier molecular flexibility index (Phi) is 7.59. The van der Waals surface area contributed by atoms with Gasteiger partial charge in [-0.1, -0.05) is 35.9 Å². The average molecular weight is 454 g/mol. The van der Waals surface area contributed by atoms with Crippen LogP contribution in [0.2, 0.25) is 5.02 Å². The van der Waals surface area contributed by atoms with Crippen molar-refractivity contribution < 1.29 is 14.3 Å². The molecule has 0 spiro atoms. The molecule has 0 aliphatic heterocycles. The smallest absolute Gasteiger partial charge is 0.345 e. The number of aryl methyl sites for hydroxylation is 1. The summed E-state index contributed by atoms with van der Waals surface area (Å²) in [5.74, 6) is 0.0820. The third-order valence-electron chi connectivity index (χ3n) is 4.14. The number of rotatable bonds is 6. The Balaban J connectivity index is 1.63. The predicted molar refractivity (Wildman–Crippen MR) is 128 cm³/mol. The normalized spacial score (nSPS) is 10.5. The number of benzene rings is 3. The van der Waals surface area contributed by atoms with Gasteiger partial charge in [0.05, 0.1) is 23.9 Å². The van der Waals surface area contributed by atoms with Gasteiger partial charge in [-0.3, -0.25) is 5.43 Å². The number of carbonyl (C=O) groups is 1. The van der Waals surface area contributed by atoms with E-state index in [1.807, 2.05) is 31.2 Å². The maximum absolute atomic E-state index is 12.4. The molecule has 0 aliphatic carbocycles. The molecular weight excluding hydrogens is 434 g/mol. The topological polar surface area (TPSA) is 71.9 Å². The van der Waals surface area contributed by atoms with Crippen molar-refractivity contribution in [2.24, 2.45) is 5.10 Å². The van der Waals surface area contributed by atoms with Crippen LogP contribution in [0.25, 0.3) is 0 Å². The maximum atomic E-state index is 12.4. The third kappa shape index (κ3) is 6.28. The van der Waals surface area contributed by atoms with E-state index in [1.165, 1.54) is 7.11 Å². The molecule has 0 amide bonds. The van der Waals surface area contributed by atoms with Crippen molar-refractivity contribution >= 4 is 46.8 Å². The minimum atomic E-state index is -0.570. The minimum absolute atomic E-state index is 0.272. The van der Waals surface area contributed by atoms with E-state index in [0.717, 1.165) is 16.8 Å². The van der Waals surface area contributed by atoms with Gasteiger partial charge in [0.2, 0.25) is 0 Å². The summed E-state index contributed by atoms with van der Waals surface area (Å²) in [5.41, 5.74) is 5.75. The molecule has 6 nitrogen and oxygen atoms in total. The van der Waals surface area contributed by atoms with Gasteiger partial charge in [-0.15, -0.1) is 0 Å². The molecule has 3 rings (SSSR count). The van der Waals surface area contributed by atoms with E-state index in [2.05, 4.69) is 15.8 Å². The Labute approximate surface area is 190 Å². The number of thiocarbonyl (C=S) groups is 1. The van der Waals surface area contributed by atoms with Crippen LogP contribution in [0.1, 0.15) is 21.5 Å². The molecule has 0 atom stereocenters. The summed E-state index contributed by atoms with van der Waals surface area (Å²) in [6.45, 7) is 2.00. The van der Waals surface area contributed by atoms with Crippen molar-refractivity contribution in [1.82, 2.24) is 5.43 Å². The van der Waals surface area contributed by atoms with E-state index in [9.17, 15) is 4.79 Å². The zero-order chi connectivity index (χ0) is 22.2. The molecule has 0 fully saturated rings. The summed E-state index contributed by atoms with van der Waals surface area (Å²) in [6, 6.07) is 19.6. The number of ether oxygens (including phenoxy) is 2. The van der Waals surface area contributed by atoms with Gasteiger partial charge >= 0.3 is 5.97 Å². The summed E-state index contributed by atoms with van der Waals surface area (Å²) < 4.78 is 10.8. The van der Waals surface area contributed by atoms with Crippen LogP contribution in [0.4, 0.5) is 5.69 Å². The van der Waals surface area contributed by atoms with Gasteiger partial charge in [0.1, 0.15) is 0 Å². The molecule has 0 bridgehead atoms. The van der Waals surface area contributed by atoms with E-state index in [-0.39, 0.29) is 11.3 Å². The quantitative estimate of drug-likeness (QED) is 0.176. The van der Waals surface area contributed by atoms with Crippen molar-refractivity contribution in [3.8, 4) is 11.5 Å². The van der Waals surface area contributed by atoms with Gasteiger partial charge in [-0.2, -0.15) is 5.10 Å². The lowest BCUT2D eigenvalue weighted by molar-refractivity contribution is 0.0730. The molecule has 8 heteroatoms. The fourth-order valence-corrected chi connectivity index (χ4v) is 3.06. The third-order valence-corrected chi connectivity index (χ3v) is 4.66. The van der Waals surface area contributed by atoms with Gasteiger partial charge in [0.25, 0.3) is 0 Å². The molecule has 0 heterocycles. The number of esters is 1. The first kappa shape index (κ1) is 22.3. The van der Waals surface area contributed by atoms with Crippen molar-refractivity contribution in [1.29, 1.82) is 0 Å². The predicted octanol–water partition coefficient (Wildman–Crippen LogP) is 5.20. The maximum Gasteiger partial charge on any atom is 0.345 e. The molecule has 0 saturated heterocycles. The molecule has 0 saturated carbocycles. The largest absolute Gasteiger partial charge is 0.493 e. The highest BCUT2D eigenvalue weighted by atomic mass is 35.5. The van der Waals surface area contributed by atoms with Gasteiger partial charge in [0, 0.05) is 5.69 Å². The van der Waals surface area contributed by atoms with Crippen molar-refractivity contribution in [3.05, 3.63) is 88.4 Å². The Morgan fingerprint density at radius 1 is 1.06 bits per heavy atom. The number of nitrogens with zero attached hydrogens (tertiary/aromatic N) is 1. The standard InChI is InChI=1S/C23H20ClN3O3S/c1-15-6-5-7-17(12-15)26-23(31)27-25-14-16-10-11-20(21(13-16)29-2)30-22(28)18-8-3-4-9-19(18)24/h3-14H,1-2H3,(H2,26,27,31)/b25-14+. The molecule has 31 heavy (non-hydrogen) atoms.